The Kier molecular flexibility index (Phi) is 4.93. The quantitative estimate of drug-likeness (QED) is 0.435. The Hall–Kier alpha value is -2.56. The highest BCUT2D eigenvalue weighted by molar-refractivity contribution is 6.31. The Balaban J connectivity index is 1.98. The summed E-state index contributed by atoms with van der Waals surface area (Å²) in [5.41, 5.74) is 1.55. The zero-order chi connectivity index (χ0) is 18.0. The Morgan fingerprint density at radius 1 is 1.08 bits per heavy atom. The van der Waals surface area contributed by atoms with Gasteiger partial charge in [0.15, 0.2) is 0 Å². The number of esters is 2. The highest BCUT2D eigenvalue weighted by Gasteiger charge is 2.22. The molecule has 3 rings (SSSR count). The van der Waals surface area contributed by atoms with Crippen LogP contribution in [-0.2, 0) is 14.3 Å². The van der Waals surface area contributed by atoms with Gasteiger partial charge in [0.05, 0.1) is 5.57 Å². The molecule has 0 spiro atoms. The number of hydrogen-bond donors (Lipinski definition) is 0. The molecule has 6 heteroatoms. The van der Waals surface area contributed by atoms with E-state index in [1.54, 1.807) is 54.6 Å². The Labute approximate surface area is 154 Å². The van der Waals surface area contributed by atoms with E-state index in [-0.39, 0.29) is 0 Å². The van der Waals surface area contributed by atoms with Gasteiger partial charge in [-0.25, -0.2) is 4.79 Å². The molecule has 0 fully saturated rings. The second-order valence-corrected chi connectivity index (χ2v) is 6.15. The zero-order valence-corrected chi connectivity index (χ0v) is 14.6. The van der Waals surface area contributed by atoms with Crippen LogP contribution in [0.15, 0.2) is 54.1 Å². The summed E-state index contributed by atoms with van der Waals surface area (Å²) in [7, 11) is 0. The van der Waals surface area contributed by atoms with E-state index in [4.69, 9.17) is 32.7 Å². The second kappa shape index (κ2) is 7.13. The second-order valence-electron chi connectivity index (χ2n) is 5.28. The lowest BCUT2D eigenvalue weighted by Gasteiger charge is -2.06. The molecule has 1 aliphatic rings. The number of carbonyl (C=O) groups is 2. The van der Waals surface area contributed by atoms with Crippen LogP contribution in [0.25, 0.3) is 11.8 Å². The summed E-state index contributed by atoms with van der Waals surface area (Å²) in [6.07, 6.45) is 3.18. The van der Waals surface area contributed by atoms with Crippen LogP contribution in [0.1, 0.15) is 18.1 Å². The summed E-state index contributed by atoms with van der Waals surface area (Å²) in [5, 5.41) is 1.05. The van der Waals surface area contributed by atoms with Crippen molar-refractivity contribution in [1.29, 1.82) is 0 Å². The zero-order valence-electron chi connectivity index (χ0n) is 13.1. The molecule has 1 aliphatic heterocycles. The smallest absolute Gasteiger partial charge is 0.343 e. The fraction of sp³-hybridized carbons (Fsp3) is 0.0526. The predicted molar refractivity (Wildman–Crippen MR) is 96.3 cm³/mol. The van der Waals surface area contributed by atoms with Gasteiger partial charge < -0.3 is 9.47 Å². The molecule has 2 aromatic rings. The minimum atomic E-state index is -0.501. The van der Waals surface area contributed by atoms with Crippen LogP contribution >= 0.6 is 23.2 Å². The number of ether oxygens (including phenoxy) is 2. The van der Waals surface area contributed by atoms with E-state index in [1.807, 2.05) is 0 Å². The molecule has 0 saturated heterocycles. The van der Waals surface area contributed by atoms with Crippen LogP contribution in [-0.4, -0.2) is 11.9 Å². The summed E-state index contributed by atoms with van der Waals surface area (Å²) < 4.78 is 10.4. The molecule has 0 amide bonds. The lowest BCUT2D eigenvalue weighted by molar-refractivity contribution is -0.132. The summed E-state index contributed by atoms with van der Waals surface area (Å²) in [4.78, 5) is 23.4. The monoisotopic (exact) mass is 374 g/mol. The average Bonchev–Trinajstić information content (AvgIpc) is 2.91. The Morgan fingerprint density at radius 2 is 1.76 bits per heavy atom. The number of benzene rings is 2. The molecule has 0 aromatic heterocycles. The van der Waals surface area contributed by atoms with Gasteiger partial charge in [0.25, 0.3) is 0 Å². The van der Waals surface area contributed by atoms with E-state index in [9.17, 15) is 9.59 Å². The van der Waals surface area contributed by atoms with Crippen LogP contribution in [0, 0.1) is 0 Å². The molecular weight excluding hydrogens is 363 g/mol. The first-order chi connectivity index (χ1) is 11.9. The van der Waals surface area contributed by atoms with Crippen molar-refractivity contribution in [1.82, 2.24) is 0 Å². The maximum atomic E-state index is 12.1. The van der Waals surface area contributed by atoms with Gasteiger partial charge in [0.2, 0.25) is 0 Å². The number of cyclic esters (lactones) is 1. The van der Waals surface area contributed by atoms with Gasteiger partial charge in [-0.2, -0.15) is 0 Å². The van der Waals surface area contributed by atoms with Crippen molar-refractivity contribution < 1.29 is 19.1 Å². The lowest BCUT2D eigenvalue weighted by Crippen LogP contribution is -2.03. The third-order valence-electron chi connectivity index (χ3n) is 3.39. The third-order valence-corrected chi connectivity index (χ3v) is 3.88. The lowest BCUT2D eigenvalue weighted by atomic mass is 10.1. The first-order valence-corrected chi connectivity index (χ1v) is 8.07. The topological polar surface area (TPSA) is 52.6 Å². The Morgan fingerprint density at radius 3 is 2.44 bits per heavy atom. The molecule has 0 atom stereocenters. The van der Waals surface area contributed by atoms with Crippen molar-refractivity contribution in [2.45, 2.75) is 6.92 Å². The number of rotatable bonds is 3. The first-order valence-electron chi connectivity index (χ1n) is 7.32. The average molecular weight is 375 g/mol. The molecule has 0 aliphatic carbocycles. The maximum absolute atomic E-state index is 12.1. The minimum absolute atomic E-state index is 0.311. The predicted octanol–water partition coefficient (Wildman–Crippen LogP) is 4.90. The van der Waals surface area contributed by atoms with Gasteiger partial charge in [-0.15, -0.1) is 0 Å². The van der Waals surface area contributed by atoms with E-state index >= 15 is 0 Å². The summed E-state index contributed by atoms with van der Waals surface area (Å²) in [6.45, 7) is 1.30. The van der Waals surface area contributed by atoms with Gasteiger partial charge in [-0.1, -0.05) is 23.2 Å². The van der Waals surface area contributed by atoms with Crippen LogP contribution in [0.2, 0.25) is 10.0 Å². The standard InChI is InChI=1S/C19H12Cl2O4/c1-11(22)24-17-7-6-16(21)9-13(17)8-14-10-18(25-19(14)23)12-2-4-15(20)5-3-12/h2-10H,1H3/b14-8-. The highest BCUT2D eigenvalue weighted by Crippen LogP contribution is 2.31. The fourth-order valence-electron chi connectivity index (χ4n) is 2.29. The molecule has 25 heavy (non-hydrogen) atoms. The van der Waals surface area contributed by atoms with Crippen molar-refractivity contribution in [3.05, 3.63) is 75.3 Å². The molecule has 0 N–H and O–H groups in total. The largest absolute Gasteiger partial charge is 0.426 e. The van der Waals surface area contributed by atoms with Crippen molar-refractivity contribution in [3.63, 3.8) is 0 Å². The molecule has 0 bridgehead atoms. The fourth-order valence-corrected chi connectivity index (χ4v) is 2.60. The Bertz CT molecular complexity index is 912. The van der Waals surface area contributed by atoms with E-state index in [0.29, 0.717) is 32.7 Å². The summed E-state index contributed by atoms with van der Waals surface area (Å²) in [6, 6.07) is 11.7. The van der Waals surface area contributed by atoms with E-state index in [0.717, 1.165) is 5.56 Å². The number of hydrogen-bond acceptors (Lipinski definition) is 4. The van der Waals surface area contributed by atoms with E-state index in [1.165, 1.54) is 6.92 Å². The third kappa shape index (κ3) is 4.10. The van der Waals surface area contributed by atoms with Crippen molar-refractivity contribution >= 4 is 47.0 Å². The minimum Gasteiger partial charge on any atom is -0.426 e. The molecule has 126 valence electrons. The molecule has 0 saturated carbocycles. The highest BCUT2D eigenvalue weighted by atomic mass is 35.5. The van der Waals surface area contributed by atoms with Gasteiger partial charge in [0.1, 0.15) is 11.5 Å². The van der Waals surface area contributed by atoms with Gasteiger partial charge in [-0.05, 0) is 54.6 Å². The van der Waals surface area contributed by atoms with E-state index < -0.39 is 11.9 Å². The maximum Gasteiger partial charge on any atom is 0.343 e. The SMILES string of the molecule is CC(=O)Oc1ccc(Cl)cc1/C=C1/C=C(c2ccc(Cl)cc2)OC1=O. The van der Waals surface area contributed by atoms with Crippen molar-refractivity contribution in [2.24, 2.45) is 0 Å². The van der Waals surface area contributed by atoms with Crippen LogP contribution in [0.3, 0.4) is 0 Å². The van der Waals surface area contributed by atoms with Gasteiger partial charge >= 0.3 is 11.9 Å². The normalized spacial score (nSPS) is 15.1. The number of halogens is 2. The van der Waals surface area contributed by atoms with Crippen LogP contribution in [0.4, 0.5) is 0 Å². The molecule has 0 unspecified atom stereocenters. The first kappa shape index (κ1) is 17.3. The van der Waals surface area contributed by atoms with Crippen LogP contribution < -0.4 is 4.74 Å². The molecule has 4 nitrogen and oxygen atoms in total. The molecule has 0 radical (unpaired) electrons. The number of carbonyl (C=O) groups excluding carboxylic acids is 2. The summed E-state index contributed by atoms with van der Waals surface area (Å²) >= 11 is 11.9. The summed E-state index contributed by atoms with van der Waals surface area (Å²) in [5.74, 6) is -0.235. The van der Waals surface area contributed by atoms with Gasteiger partial charge in [-0.3, -0.25) is 4.79 Å². The van der Waals surface area contributed by atoms with Gasteiger partial charge in [0, 0.05) is 28.1 Å². The van der Waals surface area contributed by atoms with Crippen LogP contribution in [0.5, 0.6) is 5.75 Å². The molecule has 2 aromatic carbocycles. The van der Waals surface area contributed by atoms with Crippen molar-refractivity contribution in [2.75, 3.05) is 0 Å². The molecule has 1 heterocycles. The van der Waals surface area contributed by atoms with Crippen molar-refractivity contribution in [3.8, 4) is 5.75 Å². The molecular formula is C19H12Cl2O4. The van der Waals surface area contributed by atoms with E-state index in [2.05, 4.69) is 0 Å².